The van der Waals surface area contributed by atoms with Gasteiger partial charge in [-0.05, 0) is 62.6 Å². The molecule has 5 rings (SSSR count). The number of thioether (sulfide) groups is 1. The summed E-state index contributed by atoms with van der Waals surface area (Å²) in [4.78, 5) is 33.1. The molecule has 0 aliphatic carbocycles. The van der Waals surface area contributed by atoms with E-state index in [2.05, 4.69) is 15.9 Å². The molecular weight excluding hydrogens is 537 g/mol. The normalized spacial score (nSPS) is 20.8. The van der Waals surface area contributed by atoms with Crippen molar-refractivity contribution >= 4 is 51.8 Å². The molecule has 3 fully saturated rings. The molecular formula is C28H30FN5O3S2. The van der Waals surface area contributed by atoms with E-state index in [1.54, 1.807) is 34.6 Å². The Morgan fingerprint density at radius 1 is 1.18 bits per heavy atom. The highest BCUT2D eigenvalue weighted by molar-refractivity contribution is 8.26. The number of anilines is 2. The highest BCUT2D eigenvalue weighted by Crippen LogP contribution is 2.37. The van der Waals surface area contributed by atoms with Crippen LogP contribution in [0.5, 0.6) is 0 Å². The van der Waals surface area contributed by atoms with Crippen molar-refractivity contribution in [3.8, 4) is 6.07 Å². The SMILES string of the molecule is CCn1c(N2CCN(c3ccc(F)cc3)CC2)c(/C=C2\SC(=S)N(CC3CCCO3)C2=O)c(C)c(C#N)c1=O. The molecule has 3 saturated heterocycles. The van der Waals surface area contributed by atoms with Crippen molar-refractivity contribution in [2.45, 2.75) is 39.3 Å². The van der Waals surface area contributed by atoms with Gasteiger partial charge in [-0.3, -0.25) is 19.1 Å². The van der Waals surface area contributed by atoms with Crippen molar-refractivity contribution in [2.24, 2.45) is 0 Å². The molecule has 1 aromatic heterocycles. The molecule has 2 aromatic rings. The molecule has 39 heavy (non-hydrogen) atoms. The summed E-state index contributed by atoms with van der Waals surface area (Å²) >= 11 is 6.79. The van der Waals surface area contributed by atoms with Crippen molar-refractivity contribution in [3.05, 3.63) is 62.0 Å². The van der Waals surface area contributed by atoms with Gasteiger partial charge < -0.3 is 14.5 Å². The predicted molar refractivity (Wildman–Crippen MR) is 156 cm³/mol. The first-order valence-electron chi connectivity index (χ1n) is 13.1. The number of amides is 1. The number of piperazine rings is 1. The Morgan fingerprint density at radius 3 is 2.49 bits per heavy atom. The molecule has 4 heterocycles. The van der Waals surface area contributed by atoms with E-state index >= 15 is 0 Å². The van der Waals surface area contributed by atoms with Crippen LogP contribution in [-0.4, -0.2) is 65.1 Å². The molecule has 0 spiro atoms. The second-order valence-electron chi connectivity index (χ2n) is 9.78. The third kappa shape index (κ3) is 5.33. The van der Waals surface area contributed by atoms with E-state index in [9.17, 15) is 19.2 Å². The van der Waals surface area contributed by atoms with Crippen molar-refractivity contribution in [3.63, 3.8) is 0 Å². The largest absolute Gasteiger partial charge is 0.376 e. The van der Waals surface area contributed by atoms with Crippen LogP contribution in [0, 0.1) is 24.1 Å². The number of nitriles is 1. The van der Waals surface area contributed by atoms with Crippen LogP contribution in [0.15, 0.2) is 34.0 Å². The Balaban J connectivity index is 1.50. The zero-order valence-corrected chi connectivity index (χ0v) is 23.6. The van der Waals surface area contributed by atoms with Crippen LogP contribution >= 0.6 is 24.0 Å². The minimum Gasteiger partial charge on any atom is -0.376 e. The van der Waals surface area contributed by atoms with E-state index in [1.807, 2.05) is 6.92 Å². The number of benzene rings is 1. The van der Waals surface area contributed by atoms with Gasteiger partial charge in [0.25, 0.3) is 11.5 Å². The number of rotatable bonds is 6. The van der Waals surface area contributed by atoms with Crippen LogP contribution in [0.3, 0.4) is 0 Å². The van der Waals surface area contributed by atoms with Crippen LogP contribution < -0.4 is 15.4 Å². The first-order valence-corrected chi connectivity index (χ1v) is 14.3. The van der Waals surface area contributed by atoms with E-state index in [1.165, 1.54) is 23.9 Å². The van der Waals surface area contributed by atoms with Crippen LogP contribution in [0.4, 0.5) is 15.9 Å². The first kappa shape index (κ1) is 27.4. The summed E-state index contributed by atoms with van der Waals surface area (Å²) in [6, 6.07) is 8.52. The minimum absolute atomic E-state index is 0.0197. The van der Waals surface area contributed by atoms with Crippen LogP contribution in [-0.2, 0) is 16.1 Å². The Hall–Kier alpha value is -3.20. The summed E-state index contributed by atoms with van der Waals surface area (Å²) in [5, 5.41) is 9.84. The average molecular weight is 568 g/mol. The number of nitrogens with zero attached hydrogens (tertiary/aromatic N) is 5. The standard InChI is InChI=1S/C28H30FN5O3S2/c1-3-33-25(32-12-10-31(11-13-32)20-8-6-19(29)7-9-20)22(18(2)23(16-30)26(33)35)15-24-27(36)34(28(38)39-24)17-21-5-4-14-37-21/h6-9,15,21H,3-5,10-14,17H2,1-2H3/b24-15-. The number of pyridine rings is 1. The molecule has 0 radical (unpaired) electrons. The maximum atomic E-state index is 13.4. The van der Waals surface area contributed by atoms with Crippen molar-refractivity contribution in [2.75, 3.05) is 49.1 Å². The molecule has 0 bridgehead atoms. The lowest BCUT2D eigenvalue weighted by Gasteiger charge is -2.39. The highest BCUT2D eigenvalue weighted by atomic mass is 32.2. The number of carbonyl (C=O) groups excluding carboxylic acids is 1. The van der Waals surface area contributed by atoms with Gasteiger partial charge in [-0.2, -0.15) is 5.26 Å². The monoisotopic (exact) mass is 567 g/mol. The summed E-state index contributed by atoms with van der Waals surface area (Å²) < 4.78 is 21.2. The molecule has 204 valence electrons. The summed E-state index contributed by atoms with van der Waals surface area (Å²) in [6.07, 6.45) is 3.64. The quantitative estimate of drug-likeness (QED) is 0.384. The van der Waals surface area contributed by atoms with Gasteiger partial charge >= 0.3 is 0 Å². The maximum absolute atomic E-state index is 13.4. The van der Waals surface area contributed by atoms with Gasteiger partial charge in [0, 0.05) is 50.6 Å². The lowest BCUT2D eigenvalue weighted by atomic mass is 10.0. The van der Waals surface area contributed by atoms with E-state index in [0.29, 0.717) is 72.0 Å². The van der Waals surface area contributed by atoms with Gasteiger partial charge in [0.1, 0.15) is 27.6 Å². The molecule has 3 aliphatic rings. The summed E-state index contributed by atoms with van der Waals surface area (Å²) in [7, 11) is 0. The molecule has 0 saturated carbocycles. The first-order chi connectivity index (χ1) is 18.8. The fourth-order valence-corrected chi connectivity index (χ4v) is 6.64. The van der Waals surface area contributed by atoms with Crippen LogP contribution in [0.2, 0.25) is 0 Å². The second-order valence-corrected chi connectivity index (χ2v) is 11.5. The summed E-state index contributed by atoms with van der Waals surface area (Å²) in [5.74, 6) is 0.241. The van der Waals surface area contributed by atoms with E-state index in [4.69, 9.17) is 17.0 Å². The molecule has 1 unspecified atom stereocenters. The van der Waals surface area contributed by atoms with Gasteiger partial charge in [-0.1, -0.05) is 24.0 Å². The van der Waals surface area contributed by atoms with Crippen molar-refractivity contribution in [1.29, 1.82) is 5.26 Å². The number of thiocarbonyl (C=S) groups is 1. The smallest absolute Gasteiger partial charge is 0.270 e. The zero-order chi connectivity index (χ0) is 27.7. The fraction of sp³-hybridized carbons (Fsp3) is 0.429. The predicted octanol–water partition coefficient (Wildman–Crippen LogP) is 3.89. The van der Waals surface area contributed by atoms with E-state index in [-0.39, 0.29) is 29.0 Å². The number of halogens is 1. The Morgan fingerprint density at radius 2 is 1.87 bits per heavy atom. The lowest BCUT2D eigenvalue weighted by molar-refractivity contribution is -0.123. The molecule has 3 aliphatic heterocycles. The fourth-order valence-electron chi connectivity index (χ4n) is 5.39. The number of hydrogen-bond donors (Lipinski definition) is 0. The van der Waals surface area contributed by atoms with E-state index < -0.39 is 0 Å². The summed E-state index contributed by atoms with van der Waals surface area (Å²) in [5.41, 5.74) is 1.91. The third-order valence-electron chi connectivity index (χ3n) is 7.49. The number of carbonyl (C=O) groups is 1. The molecule has 1 amide bonds. The molecule has 1 atom stereocenters. The average Bonchev–Trinajstić information content (AvgIpc) is 3.55. The third-order valence-corrected chi connectivity index (χ3v) is 8.87. The Kier molecular flexibility index (Phi) is 8.07. The second kappa shape index (κ2) is 11.5. The van der Waals surface area contributed by atoms with Gasteiger partial charge in [0.05, 0.1) is 17.6 Å². The number of hydrogen-bond acceptors (Lipinski definition) is 8. The maximum Gasteiger partial charge on any atom is 0.270 e. The topological polar surface area (TPSA) is 81.8 Å². The zero-order valence-electron chi connectivity index (χ0n) is 22.0. The van der Waals surface area contributed by atoms with Gasteiger partial charge in [0.15, 0.2) is 0 Å². The highest BCUT2D eigenvalue weighted by Gasteiger charge is 2.35. The molecule has 11 heteroatoms. The molecule has 0 N–H and O–H groups in total. The minimum atomic E-state index is -0.337. The van der Waals surface area contributed by atoms with E-state index in [0.717, 1.165) is 18.5 Å². The summed E-state index contributed by atoms with van der Waals surface area (Å²) in [6.45, 7) is 7.71. The van der Waals surface area contributed by atoms with Crippen LogP contribution in [0.25, 0.3) is 6.08 Å². The lowest BCUT2D eigenvalue weighted by Crippen LogP contribution is -2.48. The van der Waals surface area contributed by atoms with Crippen molar-refractivity contribution < 1.29 is 13.9 Å². The van der Waals surface area contributed by atoms with Gasteiger partial charge in [-0.15, -0.1) is 0 Å². The Bertz CT molecular complexity index is 1420. The Labute approximate surface area is 236 Å². The number of ether oxygens (including phenoxy) is 1. The van der Waals surface area contributed by atoms with Crippen molar-refractivity contribution in [1.82, 2.24) is 9.47 Å². The molecule has 8 nitrogen and oxygen atoms in total. The van der Waals surface area contributed by atoms with Crippen LogP contribution in [0.1, 0.15) is 36.5 Å². The molecule has 1 aromatic carbocycles. The van der Waals surface area contributed by atoms with Gasteiger partial charge in [-0.25, -0.2) is 4.39 Å². The number of aromatic nitrogens is 1. The van der Waals surface area contributed by atoms with Gasteiger partial charge in [0.2, 0.25) is 0 Å².